The predicted molar refractivity (Wildman–Crippen MR) is 47.3 cm³/mol. The van der Waals surface area contributed by atoms with Gasteiger partial charge in [0.25, 0.3) is 0 Å². The zero-order chi connectivity index (χ0) is 8.43. The zero-order valence-electron chi connectivity index (χ0n) is 7.51. The molecule has 0 aliphatic heterocycles. The van der Waals surface area contributed by atoms with E-state index in [-0.39, 0.29) is 6.10 Å². The van der Waals surface area contributed by atoms with Crippen molar-refractivity contribution in [3.05, 3.63) is 12.2 Å². The summed E-state index contributed by atoms with van der Waals surface area (Å²) in [6, 6.07) is 0. The van der Waals surface area contributed by atoms with Gasteiger partial charge in [0.2, 0.25) is 0 Å². The zero-order valence-corrected chi connectivity index (χ0v) is 7.51. The molecule has 1 N–H and O–H groups in total. The summed E-state index contributed by atoms with van der Waals surface area (Å²) in [5, 5.41) is 9.38. The van der Waals surface area contributed by atoms with Crippen molar-refractivity contribution >= 4 is 0 Å². The summed E-state index contributed by atoms with van der Waals surface area (Å²) in [4.78, 5) is 0. The quantitative estimate of drug-likeness (QED) is 0.575. The van der Waals surface area contributed by atoms with Gasteiger partial charge in [-0.05, 0) is 36.7 Å². The van der Waals surface area contributed by atoms with E-state index in [0.29, 0.717) is 0 Å². The van der Waals surface area contributed by atoms with Gasteiger partial charge in [0.15, 0.2) is 0 Å². The maximum Gasteiger partial charge on any atom is 0.0747 e. The summed E-state index contributed by atoms with van der Waals surface area (Å²) in [5.74, 6) is 1.49. The minimum atomic E-state index is -0.218. The summed E-state index contributed by atoms with van der Waals surface area (Å²) in [6.45, 7) is 8.37. The predicted octanol–water partition coefficient (Wildman–Crippen LogP) is 2.36. The highest BCUT2D eigenvalue weighted by atomic mass is 16.3. The third-order valence-corrected chi connectivity index (χ3v) is 2.75. The van der Waals surface area contributed by atoms with E-state index in [2.05, 4.69) is 20.4 Å². The Kier molecular flexibility index (Phi) is 2.72. The molecular formula is C10H18O. The summed E-state index contributed by atoms with van der Waals surface area (Å²) >= 11 is 0. The van der Waals surface area contributed by atoms with Gasteiger partial charge in [0.05, 0.1) is 6.10 Å². The molecule has 0 saturated heterocycles. The monoisotopic (exact) mass is 154 g/mol. The van der Waals surface area contributed by atoms with Crippen LogP contribution >= 0.6 is 0 Å². The average molecular weight is 154 g/mol. The van der Waals surface area contributed by atoms with E-state index in [1.807, 2.05) is 0 Å². The molecule has 0 aromatic heterocycles. The number of aliphatic hydroxyl groups is 1. The van der Waals surface area contributed by atoms with Crippen molar-refractivity contribution in [2.45, 2.75) is 39.2 Å². The second kappa shape index (κ2) is 3.40. The topological polar surface area (TPSA) is 20.2 Å². The highest BCUT2D eigenvalue weighted by Crippen LogP contribution is 2.32. The van der Waals surface area contributed by atoms with E-state index < -0.39 is 0 Å². The molecule has 1 nitrogen and oxygen atoms in total. The van der Waals surface area contributed by atoms with Gasteiger partial charge >= 0.3 is 0 Å². The van der Waals surface area contributed by atoms with Crippen LogP contribution in [0.15, 0.2) is 12.2 Å². The van der Waals surface area contributed by atoms with Crippen LogP contribution in [0.25, 0.3) is 0 Å². The van der Waals surface area contributed by atoms with Crippen molar-refractivity contribution in [1.82, 2.24) is 0 Å². The summed E-state index contributed by atoms with van der Waals surface area (Å²) in [7, 11) is 0. The van der Waals surface area contributed by atoms with Crippen LogP contribution in [0.5, 0.6) is 0 Å². The number of aliphatic hydroxyl groups excluding tert-OH is 1. The molecular weight excluding hydrogens is 136 g/mol. The molecule has 1 aliphatic carbocycles. The SMILES string of the molecule is C=C1C[C@H](C(C)C)CC[C@@H]1O. The number of hydrogen-bond acceptors (Lipinski definition) is 1. The molecule has 1 saturated carbocycles. The van der Waals surface area contributed by atoms with Crippen LogP contribution in [0.2, 0.25) is 0 Å². The van der Waals surface area contributed by atoms with Crippen molar-refractivity contribution in [2.75, 3.05) is 0 Å². The largest absolute Gasteiger partial charge is 0.389 e. The third-order valence-electron chi connectivity index (χ3n) is 2.75. The Labute approximate surface area is 69.1 Å². The Bertz CT molecular complexity index is 149. The van der Waals surface area contributed by atoms with E-state index in [1.165, 1.54) is 0 Å². The van der Waals surface area contributed by atoms with Crippen LogP contribution in [0.4, 0.5) is 0 Å². The Morgan fingerprint density at radius 3 is 2.55 bits per heavy atom. The van der Waals surface area contributed by atoms with E-state index in [0.717, 1.165) is 36.7 Å². The summed E-state index contributed by atoms with van der Waals surface area (Å²) in [5.41, 5.74) is 1.04. The molecule has 0 amide bonds. The molecule has 0 bridgehead atoms. The first-order chi connectivity index (χ1) is 5.11. The van der Waals surface area contributed by atoms with Crippen LogP contribution in [0, 0.1) is 11.8 Å². The lowest BCUT2D eigenvalue weighted by Gasteiger charge is -2.30. The van der Waals surface area contributed by atoms with Crippen molar-refractivity contribution in [1.29, 1.82) is 0 Å². The van der Waals surface area contributed by atoms with Crippen molar-refractivity contribution < 1.29 is 5.11 Å². The van der Waals surface area contributed by atoms with Gasteiger partial charge in [0, 0.05) is 0 Å². The van der Waals surface area contributed by atoms with Crippen LogP contribution in [0.1, 0.15) is 33.1 Å². The molecule has 0 heterocycles. The Hall–Kier alpha value is -0.300. The maximum absolute atomic E-state index is 9.38. The number of hydrogen-bond donors (Lipinski definition) is 1. The van der Waals surface area contributed by atoms with E-state index in [9.17, 15) is 5.11 Å². The molecule has 1 fully saturated rings. The second-order valence-electron chi connectivity index (χ2n) is 3.96. The molecule has 0 unspecified atom stereocenters. The molecule has 11 heavy (non-hydrogen) atoms. The first-order valence-electron chi connectivity index (χ1n) is 4.47. The third kappa shape index (κ3) is 2.06. The molecule has 0 aromatic rings. The maximum atomic E-state index is 9.38. The molecule has 1 rings (SSSR count). The van der Waals surface area contributed by atoms with Gasteiger partial charge in [-0.1, -0.05) is 20.4 Å². The van der Waals surface area contributed by atoms with Gasteiger partial charge in [0.1, 0.15) is 0 Å². The highest BCUT2D eigenvalue weighted by Gasteiger charge is 2.24. The fourth-order valence-corrected chi connectivity index (χ4v) is 1.72. The minimum Gasteiger partial charge on any atom is -0.389 e. The van der Waals surface area contributed by atoms with E-state index >= 15 is 0 Å². The molecule has 0 radical (unpaired) electrons. The van der Waals surface area contributed by atoms with E-state index in [1.54, 1.807) is 0 Å². The Balaban J connectivity index is 2.46. The molecule has 0 aromatic carbocycles. The van der Waals surface area contributed by atoms with Gasteiger partial charge in [-0.3, -0.25) is 0 Å². The molecule has 1 aliphatic rings. The minimum absolute atomic E-state index is 0.218. The highest BCUT2D eigenvalue weighted by molar-refractivity contribution is 5.06. The molecule has 1 heteroatoms. The first-order valence-corrected chi connectivity index (χ1v) is 4.47. The lowest BCUT2D eigenvalue weighted by atomic mass is 9.78. The summed E-state index contributed by atoms with van der Waals surface area (Å²) in [6.07, 6.45) is 2.89. The van der Waals surface area contributed by atoms with Crippen LogP contribution in [-0.2, 0) is 0 Å². The fourth-order valence-electron chi connectivity index (χ4n) is 1.72. The Morgan fingerprint density at radius 2 is 2.09 bits per heavy atom. The number of rotatable bonds is 1. The molecule has 64 valence electrons. The van der Waals surface area contributed by atoms with Crippen LogP contribution < -0.4 is 0 Å². The Morgan fingerprint density at radius 1 is 1.45 bits per heavy atom. The van der Waals surface area contributed by atoms with Crippen molar-refractivity contribution in [3.63, 3.8) is 0 Å². The van der Waals surface area contributed by atoms with E-state index in [4.69, 9.17) is 0 Å². The molecule has 0 spiro atoms. The second-order valence-corrected chi connectivity index (χ2v) is 3.96. The van der Waals surface area contributed by atoms with Gasteiger partial charge in [-0.15, -0.1) is 0 Å². The van der Waals surface area contributed by atoms with Crippen LogP contribution in [0.3, 0.4) is 0 Å². The van der Waals surface area contributed by atoms with Gasteiger partial charge in [-0.2, -0.15) is 0 Å². The lowest BCUT2D eigenvalue weighted by molar-refractivity contribution is 0.147. The fraction of sp³-hybridized carbons (Fsp3) is 0.800. The van der Waals surface area contributed by atoms with Crippen molar-refractivity contribution in [2.24, 2.45) is 11.8 Å². The van der Waals surface area contributed by atoms with Gasteiger partial charge < -0.3 is 5.11 Å². The van der Waals surface area contributed by atoms with Gasteiger partial charge in [-0.25, -0.2) is 0 Å². The summed E-state index contributed by atoms with van der Waals surface area (Å²) < 4.78 is 0. The normalized spacial score (nSPS) is 32.9. The first kappa shape index (κ1) is 8.79. The lowest BCUT2D eigenvalue weighted by Crippen LogP contribution is -2.23. The average Bonchev–Trinajstić information content (AvgIpc) is 1.94. The van der Waals surface area contributed by atoms with Crippen molar-refractivity contribution in [3.8, 4) is 0 Å². The van der Waals surface area contributed by atoms with Crippen LogP contribution in [-0.4, -0.2) is 11.2 Å². The standard InChI is InChI=1S/C10H18O/c1-7(2)9-4-5-10(11)8(3)6-9/h7,9-11H,3-6H2,1-2H3/t9-,10+/m1/s1. The smallest absolute Gasteiger partial charge is 0.0747 e. The molecule has 2 atom stereocenters.